The molecule has 0 aliphatic heterocycles. The van der Waals surface area contributed by atoms with Crippen LogP contribution in [0.1, 0.15) is 18.2 Å². The highest BCUT2D eigenvalue weighted by Crippen LogP contribution is 2.26. The fourth-order valence-corrected chi connectivity index (χ4v) is 2.76. The number of aryl methyl sites for hydroxylation is 1. The predicted octanol–water partition coefficient (Wildman–Crippen LogP) is 3.47. The van der Waals surface area contributed by atoms with Gasteiger partial charge in [0.1, 0.15) is 11.5 Å². The standard InChI is InChI=1S/C22H23N3O4/c1-15-10-12-19(28-15)21-17(14-25(23-21)18-8-6-5-7-9-18)11-13-20(26)29-16(2)22(27)24(3)4/h5-14,16H,1-4H3/b13-11+. The van der Waals surface area contributed by atoms with Gasteiger partial charge in [-0.1, -0.05) is 18.2 Å². The van der Waals surface area contributed by atoms with Gasteiger partial charge in [0.05, 0.1) is 5.69 Å². The Morgan fingerprint density at radius 3 is 2.52 bits per heavy atom. The summed E-state index contributed by atoms with van der Waals surface area (Å²) in [7, 11) is 3.22. The van der Waals surface area contributed by atoms with E-state index < -0.39 is 12.1 Å². The SMILES string of the molecule is Cc1ccc(-c2nn(-c3ccccc3)cc2/C=C/C(=O)OC(C)C(=O)N(C)C)o1. The van der Waals surface area contributed by atoms with Crippen LogP contribution in [0.4, 0.5) is 0 Å². The maximum absolute atomic E-state index is 12.2. The number of likely N-dealkylation sites (N-methyl/N-ethyl adjacent to an activating group) is 1. The highest BCUT2D eigenvalue weighted by atomic mass is 16.5. The van der Waals surface area contributed by atoms with Crippen LogP contribution in [0, 0.1) is 6.92 Å². The Hall–Kier alpha value is -3.61. The lowest BCUT2D eigenvalue weighted by molar-refractivity contribution is -0.153. The Kier molecular flexibility index (Phi) is 5.97. The molecule has 150 valence electrons. The third kappa shape index (κ3) is 4.82. The first-order chi connectivity index (χ1) is 13.8. The van der Waals surface area contributed by atoms with Crippen molar-refractivity contribution < 1.29 is 18.7 Å². The molecule has 7 nitrogen and oxygen atoms in total. The summed E-state index contributed by atoms with van der Waals surface area (Å²) in [5, 5.41) is 4.61. The number of carbonyl (C=O) groups excluding carboxylic acids is 2. The van der Waals surface area contributed by atoms with Crippen molar-refractivity contribution >= 4 is 18.0 Å². The summed E-state index contributed by atoms with van der Waals surface area (Å²) in [5.41, 5.74) is 2.17. The third-order valence-electron chi connectivity index (χ3n) is 4.22. The second-order valence-corrected chi connectivity index (χ2v) is 6.77. The van der Waals surface area contributed by atoms with Crippen LogP contribution in [0.2, 0.25) is 0 Å². The van der Waals surface area contributed by atoms with Gasteiger partial charge in [0.2, 0.25) is 0 Å². The molecule has 0 spiro atoms. The van der Waals surface area contributed by atoms with Gasteiger partial charge in [-0.2, -0.15) is 5.10 Å². The van der Waals surface area contributed by atoms with Crippen molar-refractivity contribution in [2.75, 3.05) is 14.1 Å². The van der Waals surface area contributed by atoms with Gasteiger partial charge in [-0.25, -0.2) is 9.48 Å². The average molecular weight is 393 g/mol. The second-order valence-electron chi connectivity index (χ2n) is 6.77. The minimum absolute atomic E-state index is 0.282. The summed E-state index contributed by atoms with van der Waals surface area (Å²) >= 11 is 0. The first-order valence-electron chi connectivity index (χ1n) is 9.17. The van der Waals surface area contributed by atoms with Crippen molar-refractivity contribution in [3.8, 4) is 17.1 Å². The van der Waals surface area contributed by atoms with E-state index in [1.54, 1.807) is 38.0 Å². The highest BCUT2D eigenvalue weighted by molar-refractivity contribution is 5.91. The van der Waals surface area contributed by atoms with Crippen LogP contribution >= 0.6 is 0 Å². The maximum Gasteiger partial charge on any atom is 0.331 e. The van der Waals surface area contributed by atoms with E-state index in [1.165, 1.54) is 11.0 Å². The zero-order chi connectivity index (χ0) is 21.0. The molecule has 0 aliphatic carbocycles. The fraction of sp³-hybridized carbons (Fsp3) is 0.227. The number of rotatable bonds is 6. The molecule has 0 N–H and O–H groups in total. The predicted molar refractivity (Wildman–Crippen MR) is 109 cm³/mol. The molecule has 1 amide bonds. The van der Waals surface area contributed by atoms with Crippen LogP contribution in [0.5, 0.6) is 0 Å². The van der Waals surface area contributed by atoms with Crippen molar-refractivity contribution in [3.63, 3.8) is 0 Å². The molecule has 1 unspecified atom stereocenters. The summed E-state index contributed by atoms with van der Waals surface area (Å²) in [5.74, 6) is 0.470. The number of hydrogen-bond donors (Lipinski definition) is 0. The molecule has 0 saturated carbocycles. The maximum atomic E-state index is 12.2. The number of furan rings is 1. The van der Waals surface area contributed by atoms with Gasteiger partial charge in [0, 0.05) is 31.9 Å². The first-order valence-corrected chi connectivity index (χ1v) is 9.17. The molecule has 0 bridgehead atoms. The van der Waals surface area contributed by atoms with Crippen molar-refractivity contribution in [1.82, 2.24) is 14.7 Å². The van der Waals surface area contributed by atoms with E-state index in [2.05, 4.69) is 5.10 Å². The molecule has 2 aromatic heterocycles. The Balaban J connectivity index is 1.87. The Labute approximate surface area is 169 Å². The lowest BCUT2D eigenvalue weighted by Crippen LogP contribution is -2.34. The quantitative estimate of drug-likeness (QED) is 0.473. The normalized spacial score (nSPS) is 12.1. The van der Waals surface area contributed by atoms with E-state index in [4.69, 9.17) is 9.15 Å². The van der Waals surface area contributed by atoms with Crippen LogP contribution in [-0.4, -0.2) is 46.8 Å². The molecule has 7 heteroatoms. The van der Waals surface area contributed by atoms with Crippen LogP contribution in [-0.2, 0) is 14.3 Å². The molecule has 0 fully saturated rings. The van der Waals surface area contributed by atoms with E-state index in [1.807, 2.05) is 49.4 Å². The van der Waals surface area contributed by atoms with Gasteiger partial charge in [0.15, 0.2) is 11.9 Å². The minimum Gasteiger partial charge on any atom is -0.460 e. The summed E-state index contributed by atoms with van der Waals surface area (Å²) < 4.78 is 12.6. The lowest BCUT2D eigenvalue weighted by Gasteiger charge is -2.16. The summed E-state index contributed by atoms with van der Waals surface area (Å²) in [4.78, 5) is 25.4. The van der Waals surface area contributed by atoms with Gasteiger partial charge in [-0.3, -0.25) is 4.79 Å². The van der Waals surface area contributed by atoms with Crippen LogP contribution in [0.3, 0.4) is 0 Å². The number of ether oxygens (including phenoxy) is 1. The first kappa shape index (κ1) is 20.1. The van der Waals surface area contributed by atoms with E-state index in [0.717, 1.165) is 11.4 Å². The van der Waals surface area contributed by atoms with Crippen LogP contribution < -0.4 is 0 Å². The number of benzene rings is 1. The van der Waals surface area contributed by atoms with Crippen molar-refractivity contribution in [2.45, 2.75) is 20.0 Å². The largest absolute Gasteiger partial charge is 0.460 e. The summed E-state index contributed by atoms with van der Waals surface area (Å²) in [6.45, 7) is 3.40. The molecule has 0 radical (unpaired) electrons. The van der Waals surface area contributed by atoms with Crippen LogP contribution in [0.15, 0.2) is 59.2 Å². The fourth-order valence-electron chi connectivity index (χ4n) is 2.76. The monoisotopic (exact) mass is 393 g/mol. The van der Waals surface area contributed by atoms with E-state index in [9.17, 15) is 9.59 Å². The lowest BCUT2D eigenvalue weighted by atomic mass is 10.2. The number of aromatic nitrogens is 2. The molecular weight excluding hydrogens is 370 g/mol. The van der Waals surface area contributed by atoms with E-state index in [-0.39, 0.29) is 5.91 Å². The Morgan fingerprint density at radius 1 is 1.17 bits per heavy atom. The molecule has 1 aromatic carbocycles. The molecule has 3 rings (SSSR count). The van der Waals surface area contributed by atoms with Gasteiger partial charge in [-0.05, 0) is 44.2 Å². The molecule has 29 heavy (non-hydrogen) atoms. The van der Waals surface area contributed by atoms with Gasteiger partial charge in [0.25, 0.3) is 5.91 Å². The molecule has 1 atom stereocenters. The molecule has 3 aromatic rings. The summed E-state index contributed by atoms with van der Waals surface area (Å²) in [6.07, 6.45) is 3.84. The molecule has 0 aliphatic rings. The van der Waals surface area contributed by atoms with E-state index >= 15 is 0 Å². The number of amides is 1. The highest BCUT2D eigenvalue weighted by Gasteiger charge is 2.19. The third-order valence-corrected chi connectivity index (χ3v) is 4.22. The zero-order valence-electron chi connectivity index (χ0n) is 16.8. The number of para-hydroxylation sites is 1. The van der Waals surface area contributed by atoms with Gasteiger partial charge in [-0.15, -0.1) is 0 Å². The number of nitrogens with zero attached hydrogens (tertiary/aromatic N) is 3. The van der Waals surface area contributed by atoms with Crippen molar-refractivity contribution in [3.05, 3.63) is 66.1 Å². The topological polar surface area (TPSA) is 77.6 Å². The number of esters is 1. The average Bonchev–Trinajstić information content (AvgIpc) is 3.32. The van der Waals surface area contributed by atoms with Gasteiger partial charge >= 0.3 is 5.97 Å². The van der Waals surface area contributed by atoms with Gasteiger partial charge < -0.3 is 14.1 Å². The Morgan fingerprint density at radius 2 is 1.90 bits per heavy atom. The number of hydrogen-bond acceptors (Lipinski definition) is 5. The molecular formula is C22H23N3O4. The number of carbonyl (C=O) groups is 2. The summed E-state index contributed by atoms with van der Waals surface area (Å²) in [6, 6.07) is 13.3. The zero-order valence-corrected chi connectivity index (χ0v) is 16.8. The van der Waals surface area contributed by atoms with Crippen molar-refractivity contribution in [1.29, 1.82) is 0 Å². The molecule has 2 heterocycles. The molecule has 0 saturated heterocycles. The van der Waals surface area contributed by atoms with Crippen LogP contribution in [0.25, 0.3) is 23.2 Å². The second kappa shape index (κ2) is 8.60. The van der Waals surface area contributed by atoms with Crippen molar-refractivity contribution in [2.24, 2.45) is 0 Å². The smallest absolute Gasteiger partial charge is 0.331 e. The van der Waals surface area contributed by atoms with E-state index in [0.29, 0.717) is 17.0 Å². The Bertz CT molecular complexity index is 1030. The minimum atomic E-state index is -0.860.